The van der Waals surface area contributed by atoms with Gasteiger partial charge in [0.15, 0.2) is 0 Å². The Labute approximate surface area is 160 Å². The number of hydrogen-bond acceptors (Lipinski definition) is 4. The Morgan fingerprint density at radius 2 is 1.81 bits per heavy atom. The van der Waals surface area contributed by atoms with E-state index in [2.05, 4.69) is 65.5 Å². The maximum atomic E-state index is 12.8. The van der Waals surface area contributed by atoms with Crippen molar-refractivity contribution >= 4 is 22.9 Å². The second-order valence-corrected chi connectivity index (χ2v) is 8.36. The molecule has 3 rings (SSSR count). The van der Waals surface area contributed by atoms with Crippen molar-refractivity contribution in [1.82, 2.24) is 9.80 Å². The molecule has 0 unspecified atom stereocenters. The van der Waals surface area contributed by atoms with Crippen LogP contribution in [0.4, 0.5) is 5.69 Å². The molecule has 5 heteroatoms. The maximum Gasteiger partial charge on any atom is 0.241 e. The van der Waals surface area contributed by atoms with Gasteiger partial charge in [0, 0.05) is 43.3 Å². The fourth-order valence-corrected chi connectivity index (χ4v) is 4.45. The fraction of sp³-hybridized carbons (Fsp3) is 0.476. The number of carbonyl (C=O) groups is 1. The summed E-state index contributed by atoms with van der Waals surface area (Å²) in [7, 11) is 0. The van der Waals surface area contributed by atoms with Crippen LogP contribution >= 0.6 is 11.3 Å². The summed E-state index contributed by atoms with van der Waals surface area (Å²) in [5.41, 5.74) is 4.45. The van der Waals surface area contributed by atoms with Crippen molar-refractivity contribution in [2.24, 2.45) is 0 Å². The number of thiophene rings is 1. The first-order valence-corrected chi connectivity index (χ1v) is 10.2. The summed E-state index contributed by atoms with van der Waals surface area (Å²) in [6, 6.07) is 8.43. The zero-order valence-corrected chi connectivity index (χ0v) is 17.0. The molecule has 0 saturated carbocycles. The second-order valence-electron chi connectivity index (χ2n) is 7.33. The molecule has 2 heterocycles. The van der Waals surface area contributed by atoms with Gasteiger partial charge in [0.2, 0.25) is 5.91 Å². The highest BCUT2D eigenvalue weighted by atomic mass is 32.1. The van der Waals surface area contributed by atoms with E-state index in [0.717, 1.165) is 49.5 Å². The Morgan fingerprint density at radius 3 is 2.38 bits per heavy atom. The monoisotopic (exact) mass is 371 g/mol. The van der Waals surface area contributed by atoms with Gasteiger partial charge in [-0.15, -0.1) is 11.3 Å². The van der Waals surface area contributed by atoms with Gasteiger partial charge in [-0.3, -0.25) is 14.6 Å². The molecule has 1 N–H and O–H groups in total. The first-order valence-electron chi connectivity index (χ1n) is 9.31. The minimum absolute atomic E-state index is 0.0896. The van der Waals surface area contributed by atoms with E-state index in [1.54, 1.807) is 0 Å². The van der Waals surface area contributed by atoms with Crippen molar-refractivity contribution in [2.45, 2.75) is 40.3 Å². The molecule has 1 saturated heterocycles. The Bertz CT molecular complexity index is 726. The highest BCUT2D eigenvalue weighted by molar-refractivity contribution is 7.09. The minimum atomic E-state index is -0.112. The Kier molecular flexibility index (Phi) is 6.12. The van der Waals surface area contributed by atoms with E-state index in [-0.39, 0.29) is 11.9 Å². The van der Waals surface area contributed by atoms with Gasteiger partial charge >= 0.3 is 0 Å². The standard InChI is InChI=1S/C21H29N3OS/c1-15-12-16(2)20(17(3)13-15)22-21(25)18(4)24-9-7-23(8-10-24)14-19-6-5-11-26-19/h5-6,11-13,18H,7-10,14H2,1-4H3,(H,22,25)/t18-/m1/s1. The highest BCUT2D eigenvalue weighted by Gasteiger charge is 2.26. The van der Waals surface area contributed by atoms with Crippen molar-refractivity contribution in [3.63, 3.8) is 0 Å². The van der Waals surface area contributed by atoms with Crippen LogP contribution in [0.2, 0.25) is 0 Å². The molecule has 1 aliphatic rings. The van der Waals surface area contributed by atoms with Crippen LogP contribution in [-0.4, -0.2) is 47.9 Å². The summed E-state index contributed by atoms with van der Waals surface area (Å²) in [6.45, 7) is 13.1. The summed E-state index contributed by atoms with van der Waals surface area (Å²) in [5.74, 6) is 0.0896. The van der Waals surface area contributed by atoms with Crippen molar-refractivity contribution in [3.8, 4) is 0 Å². The lowest BCUT2D eigenvalue weighted by Gasteiger charge is -2.37. The summed E-state index contributed by atoms with van der Waals surface area (Å²) in [4.78, 5) is 19.0. The second kappa shape index (κ2) is 8.33. The smallest absolute Gasteiger partial charge is 0.241 e. The van der Waals surface area contributed by atoms with E-state index in [1.807, 2.05) is 18.3 Å². The van der Waals surface area contributed by atoms with Crippen LogP contribution in [0.3, 0.4) is 0 Å². The SMILES string of the molecule is Cc1cc(C)c(NC(=O)[C@@H](C)N2CCN(Cc3cccs3)CC2)c(C)c1. The van der Waals surface area contributed by atoms with Crippen LogP contribution in [0.1, 0.15) is 28.5 Å². The summed E-state index contributed by atoms with van der Waals surface area (Å²) in [5, 5.41) is 5.29. The number of piperazine rings is 1. The normalized spacial score (nSPS) is 17.2. The molecule has 4 nitrogen and oxygen atoms in total. The molecule has 0 bridgehead atoms. The first kappa shape index (κ1) is 19.1. The Hall–Kier alpha value is -1.69. The predicted octanol–water partition coefficient (Wildman–Crippen LogP) is 3.82. The molecule has 1 aromatic carbocycles. The van der Waals surface area contributed by atoms with Gasteiger partial charge < -0.3 is 5.32 Å². The molecular formula is C21H29N3OS. The summed E-state index contributed by atoms with van der Waals surface area (Å²) >= 11 is 1.81. The number of anilines is 1. The van der Waals surface area contributed by atoms with Crippen LogP contribution in [0.15, 0.2) is 29.6 Å². The molecule has 26 heavy (non-hydrogen) atoms. The van der Waals surface area contributed by atoms with Crippen molar-refractivity contribution in [1.29, 1.82) is 0 Å². The lowest BCUT2D eigenvalue weighted by Crippen LogP contribution is -2.52. The number of carbonyl (C=O) groups excluding carboxylic acids is 1. The number of hydrogen-bond donors (Lipinski definition) is 1. The number of amides is 1. The number of rotatable bonds is 5. The van der Waals surface area contributed by atoms with Gasteiger partial charge in [-0.1, -0.05) is 23.8 Å². The van der Waals surface area contributed by atoms with Crippen molar-refractivity contribution in [3.05, 3.63) is 51.2 Å². The van der Waals surface area contributed by atoms with E-state index in [9.17, 15) is 4.79 Å². The zero-order valence-electron chi connectivity index (χ0n) is 16.2. The third-order valence-electron chi connectivity index (χ3n) is 5.22. The highest BCUT2D eigenvalue weighted by Crippen LogP contribution is 2.22. The number of nitrogens with one attached hydrogen (secondary N) is 1. The third kappa shape index (κ3) is 4.53. The van der Waals surface area contributed by atoms with Gasteiger partial charge in [-0.25, -0.2) is 0 Å². The molecule has 1 fully saturated rings. The van der Waals surface area contributed by atoms with Crippen molar-refractivity contribution < 1.29 is 4.79 Å². The van der Waals surface area contributed by atoms with Gasteiger partial charge in [0.1, 0.15) is 0 Å². The predicted molar refractivity (Wildman–Crippen MR) is 110 cm³/mol. The van der Waals surface area contributed by atoms with E-state index < -0.39 is 0 Å². The Morgan fingerprint density at radius 1 is 1.15 bits per heavy atom. The molecule has 0 radical (unpaired) electrons. The van der Waals surface area contributed by atoms with Gasteiger partial charge in [-0.2, -0.15) is 0 Å². The average molecular weight is 372 g/mol. The van der Waals surface area contributed by atoms with Crippen LogP contribution < -0.4 is 5.32 Å². The van der Waals surface area contributed by atoms with E-state index >= 15 is 0 Å². The molecule has 0 aliphatic carbocycles. The third-order valence-corrected chi connectivity index (χ3v) is 6.08. The summed E-state index contributed by atoms with van der Waals surface area (Å²) < 4.78 is 0. The van der Waals surface area contributed by atoms with E-state index in [0.29, 0.717) is 0 Å². The van der Waals surface area contributed by atoms with Gasteiger partial charge in [0.05, 0.1) is 6.04 Å². The lowest BCUT2D eigenvalue weighted by molar-refractivity contribution is -0.121. The van der Waals surface area contributed by atoms with Crippen molar-refractivity contribution in [2.75, 3.05) is 31.5 Å². The van der Waals surface area contributed by atoms with Gasteiger partial charge in [0.25, 0.3) is 0 Å². The molecule has 1 amide bonds. The number of benzene rings is 1. The molecule has 140 valence electrons. The zero-order chi connectivity index (χ0) is 18.7. The minimum Gasteiger partial charge on any atom is -0.324 e. The number of nitrogens with zero attached hydrogens (tertiary/aromatic N) is 2. The van der Waals surface area contributed by atoms with E-state index in [4.69, 9.17) is 0 Å². The maximum absolute atomic E-state index is 12.8. The lowest BCUT2D eigenvalue weighted by atomic mass is 10.0. The fourth-order valence-electron chi connectivity index (χ4n) is 3.70. The van der Waals surface area contributed by atoms with E-state index in [1.165, 1.54) is 10.4 Å². The molecule has 0 spiro atoms. The van der Waals surface area contributed by atoms with Crippen LogP contribution in [0, 0.1) is 20.8 Å². The quantitative estimate of drug-likeness (QED) is 0.868. The molecule has 1 atom stereocenters. The molecule has 1 aromatic heterocycles. The topological polar surface area (TPSA) is 35.6 Å². The first-order chi connectivity index (χ1) is 12.4. The van der Waals surface area contributed by atoms with Gasteiger partial charge in [-0.05, 0) is 50.3 Å². The average Bonchev–Trinajstić information content (AvgIpc) is 3.11. The molecule has 2 aromatic rings. The van der Waals surface area contributed by atoms with Crippen LogP contribution in [0.5, 0.6) is 0 Å². The molecular weight excluding hydrogens is 342 g/mol. The number of aryl methyl sites for hydroxylation is 3. The van der Waals surface area contributed by atoms with Crippen LogP contribution in [0.25, 0.3) is 0 Å². The van der Waals surface area contributed by atoms with Crippen LogP contribution in [-0.2, 0) is 11.3 Å². The largest absolute Gasteiger partial charge is 0.324 e. The summed E-state index contributed by atoms with van der Waals surface area (Å²) in [6.07, 6.45) is 0. The molecule has 1 aliphatic heterocycles. The Balaban J connectivity index is 1.55.